The van der Waals surface area contributed by atoms with Crippen molar-refractivity contribution in [2.45, 2.75) is 26.2 Å². The summed E-state index contributed by atoms with van der Waals surface area (Å²) in [4.78, 5) is 29.2. The summed E-state index contributed by atoms with van der Waals surface area (Å²) in [5.74, 6) is -0.943. The maximum absolute atomic E-state index is 12.7. The zero-order valence-corrected chi connectivity index (χ0v) is 17.7. The van der Waals surface area contributed by atoms with Crippen LogP contribution in [0.3, 0.4) is 0 Å². The molecule has 0 saturated carbocycles. The van der Waals surface area contributed by atoms with Crippen molar-refractivity contribution in [3.63, 3.8) is 0 Å². The number of nitriles is 2. The van der Waals surface area contributed by atoms with Gasteiger partial charge in [0.1, 0.15) is 11.8 Å². The van der Waals surface area contributed by atoms with Gasteiger partial charge in [0.05, 0.1) is 17.6 Å². The number of nitrogens with zero attached hydrogens (tertiary/aromatic N) is 3. The fraction of sp³-hybridized carbons (Fsp3) is 0.160. The average molecular weight is 423 g/mol. The molecular formula is C25H21N5O2. The molecule has 1 atom stereocenters. The Labute approximate surface area is 186 Å². The van der Waals surface area contributed by atoms with Crippen molar-refractivity contribution in [1.82, 2.24) is 4.98 Å². The number of carbonyl (C=O) groups is 2. The van der Waals surface area contributed by atoms with Gasteiger partial charge in [-0.1, -0.05) is 25.1 Å². The summed E-state index contributed by atoms with van der Waals surface area (Å²) in [6.07, 6.45) is 2.00. The Morgan fingerprint density at radius 2 is 1.78 bits per heavy atom. The molecular weight excluding hydrogens is 402 g/mol. The Bertz CT molecular complexity index is 1240. The number of anilines is 2. The zero-order valence-electron chi connectivity index (χ0n) is 17.7. The van der Waals surface area contributed by atoms with Crippen LogP contribution >= 0.6 is 0 Å². The highest BCUT2D eigenvalue weighted by atomic mass is 16.2. The molecule has 1 aromatic heterocycles. The van der Waals surface area contributed by atoms with E-state index >= 15 is 0 Å². The molecule has 158 valence electrons. The topological polar surface area (TPSA) is 119 Å². The minimum absolute atomic E-state index is 0.228. The number of rotatable bonds is 6. The first kappa shape index (κ1) is 22.2. The number of benzene rings is 2. The molecule has 1 unspecified atom stereocenters. The van der Waals surface area contributed by atoms with Crippen LogP contribution in [0.15, 0.2) is 60.8 Å². The van der Waals surface area contributed by atoms with Gasteiger partial charge in [0.25, 0.3) is 11.8 Å². The molecule has 2 N–H and O–H groups in total. The predicted molar refractivity (Wildman–Crippen MR) is 121 cm³/mol. The number of hydrogen-bond acceptors (Lipinski definition) is 5. The third-order valence-corrected chi connectivity index (χ3v) is 5.00. The number of pyridine rings is 1. The van der Waals surface area contributed by atoms with Crippen LogP contribution in [0.25, 0.3) is 0 Å². The first-order chi connectivity index (χ1) is 15.4. The van der Waals surface area contributed by atoms with Crippen LogP contribution in [0, 0.1) is 29.6 Å². The summed E-state index contributed by atoms with van der Waals surface area (Å²) in [7, 11) is 0. The van der Waals surface area contributed by atoms with Gasteiger partial charge in [-0.25, -0.2) is 4.98 Å². The number of amides is 2. The van der Waals surface area contributed by atoms with Crippen molar-refractivity contribution in [3.8, 4) is 12.1 Å². The quantitative estimate of drug-likeness (QED) is 0.591. The zero-order chi connectivity index (χ0) is 23.1. The fourth-order valence-corrected chi connectivity index (χ4v) is 3.12. The first-order valence-corrected chi connectivity index (χ1v) is 10.0. The Morgan fingerprint density at radius 1 is 1.00 bits per heavy atom. The van der Waals surface area contributed by atoms with E-state index in [1.165, 1.54) is 18.3 Å². The van der Waals surface area contributed by atoms with Crippen molar-refractivity contribution in [2.75, 3.05) is 10.6 Å². The highest BCUT2D eigenvalue weighted by Crippen LogP contribution is 2.23. The first-order valence-electron chi connectivity index (χ1n) is 10.0. The molecule has 0 spiro atoms. The van der Waals surface area contributed by atoms with E-state index in [0.29, 0.717) is 28.9 Å². The van der Waals surface area contributed by atoms with Gasteiger partial charge >= 0.3 is 0 Å². The molecule has 0 aliphatic rings. The number of aryl methyl sites for hydroxylation is 1. The summed E-state index contributed by atoms with van der Waals surface area (Å²) >= 11 is 0. The van der Waals surface area contributed by atoms with E-state index in [2.05, 4.69) is 21.7 Å². The second-order valence-corrected chi connectivity index (χ2v) is 7.20. The minimum atomic E-state index is -0.372. The van der Waals surface area contributed by atoms with Crippen molar-refractivity contribution >= 4 is 23.2 Å². The molecule has 7 heteroatoms. The van der Waals surface area contributed by atoms with Gasteiger partial charge in [-0.05, 0) is 60.9 Å². The van der Waals surface area contributed by atoms with Gasteiger partial charge in [0, 0.05) is 23.1 Å². The lowest BCUT2D eigenvalue weighted by atomic mass is 9.96. The summed E-state index contributed by atoms with van der Waals surface area (Å²) in [5.41, 5.74) is 3.68. The largest absolute Gasteiger partial charge is 0.322 e. The van der Waals surface area contributed by atoms with Gasteiger partial charge < -0.3 is 10.6 Å². The molecule has 7 nitrogen and oxygen atoms in total. The molecule has 0 bridgehead atoms. The summed E-state index contributed by atoms with van der Waals surface area (Å²) < 4.78 is 0. The summed E-state index contributed by atoms with van der Waals surface area (Å²) in [6, 6.07) is 19.4. The molecule has 3 aromatic rings. The molecule has 1 heterocycles. The van der Waals surface area contributed by atoms with E-state index in [9.17, 15) is 14.9 Å². The SMILES string of the molecule is CCC(C#N)c1cccc(C(=O)Nc2ccc(C)c(NC(=O)c3ccc(C#N)nc3)c2)c1. The number of carbonyl (C=O) groups excluding carboxylic acids is 2. The highest BCUT2D eigenvalue weighted by molar-refractivity contribution is 6.06. The Morgan fingerprint density at radius 3 is 2.44 bits per heavy atom. The van der Waals surface area contributed by atoms with E-state index in [-0.39, 0.29) is 23.4 Å². The number of nitrogens with one attached hydrogen (secondary N) is 2. The lowest BCUT2D eigenvalue weighted by molar-refractivity contribution is 0.101. The maximum Gasteiger partial charge on any atom is 0.257 e. The second-order valence-electron chi connectivity index (χ2n) is 7.20. The lowest BCUT2D eigenvalue weighted by Gasteiger charge is -2.13. The third-order valence-electron chi connectivity index (χ3n) is 5.00. The third kappa shape index (κ3) is 5.16. The molecule has 0 saturated heterocycles. The second kappa shape index (κ2) is 10.0. The van der Waals surface area contributed by atoms with Gasteiger partial charge in [0.15, 0.2) is 0 Å². The van der Waals surface area contributed by atoms with Crippen LogP contribution in [0.1, 0.15) is 56.8 Å². The van der Waals surface area contributed by atoms with E-state index in [1.807, 2.05) is 26.0 Å². The van der Waals surface area contributed by atoms with Crippen LogP contribution in [0.5, 0.6) is 0 Å². The molecule has 0 radical (unpaired) electrons. The number of hydrogen-bond donors (Lipinski definition) is 2. The van der Waals surface area contributed by atoms with Gasteiger partial charge in [-0.15, -0.1) is 0 Å². The van der Waals surface area contributed by atoms with E-state index in [4.69, 9.17) is 5.26 Å². The Hall–Kier alpha value is -4.49. The monoisotopic (exact) mass is 423 g/mol. The molecule has 0 fully saturated rings. The van der Waals surface area contributed by atoms with Crippen LogP contribution in [-0.2, 0) is 0 Å². The number of aromatic nitrogens is 1. The highest BCUT2D eigenvalue weighted by Gasteiger charge is 2.13. The molecule has 0 aliphatic heterocycles. The molecule has 2 aromatic carbocycles. The van der Waals surface area contributed by atoms with Crippen molar-refractivity contribution in [2.24, 2.45) is 0 Å². The lowest BCUT2D eigenvalue weighted by Crippen LogP contribution is -2.15. The molecule has 0 aliphatic carbocycles. The molecule has 3 rings (SSSR count). The van der Waals surface area contributed by atoms with Crippen LogP contribution < -0.4 is 10.6 Å². The predicted octanol–water partition coefficient (Wildman–Crippen LogP) is 4.78. The maximum atomic E-state index is 12.7. The van der Waals surface area contributed by atoms with Crippen molar-refractivity contribution in [1.29, 1.82) is 10.5 Å². The van der Waals surface area contributed by atoms with Gasteiger partial charge in [-0.3, -0.25) is 9.59 Å². The molecule has 32 heavy (non-hydrogen) atoms. The van der Waals surface area contributed by atoms with Crippen molar-refractivity contribution in [3.05, 3.63) is 88.7 Å². The van der Waals surface area contributed by atoms with Crippen LogP contribution in [0.2, 0.25) is 0 Å². The Balaban J connectivity index is 1.76. The fourth-order valence-electron chi connectivity index (χ4n) is 3.12. The normalized spacial score (nSPS) is 11.0. The van der Waals surface area contributed by atoms with E-state index in [1.54, 1.807) is 36.4 Å². The van der Waals surface area contributed by atoms with E-state index in [0.717, 1.165) is 11.1 Å². The standard InChI is InChI=1S/C25H21N5O2/c1-3-17(13-26)18-5-4-6-19(11-18)24(31)29-21-9-7-16(2)23(12-21)30-25(32)20-8-10-22(14-27)28-15-20/h4-12,15,17H,3H2,1-2H3,(H,29,31)(H,30,32). The summed E-state index contributed by atoms with van der Waals surface area (Å²) in [6.45, 7) is 3.77. The Kier molecular flexibility index (Phi) is 6.95. The van der Waals surface area contributed by atoms with Crippen LogP contribution in [-0.4, -0.2) is 16.8 Å². The van der Waals surface area contributed by atoms with E-state index < -0.39 is 0 Å². The van der Waals surface area contributed by atoms with Crippen molar-refractivity contribution < 1.29 is 9.59 Å². The van der Waals surface area contributed by atoms with Gasteiger partial charge in [-0.2, -0.15) is 10.5 Å². The smallest absolute Gasteiger partial charge is 0.257 e. The van der Waals surface area contributed by atoms with Gasteiger partial charge in [0.2, 0.25) is 0 Å². The minimum Gasteiger partial charge on any atom is -0.322 e. The van der Waals surface area contributed by atoms with Crippen LogP contribution in [0.4, 0.5) is 11.4 Å². The summed E-state index contributed by atoms with van der Waals surface area (Å²) in [5, 5.41) is 23.7. The average Bonchev–Trinajstić information content (AvgIpc) is 2.82. The molecule has 2 amide bonds.